The molecule has 0 aliphatic carbocycles. The van der Waals surface area contributed by atoms with Crippen LogP contribution in [-0.2, 0) is 11.3 Å². The third-order valence-corrected chi connectivity index (χ3v) is 4.75. The number of nitrogens with zero attached hydrogens (tertiary/aromatic N) is 2. The average molecular weight is 371 g/mol. The topological polar surface area (TPSA) is 78.5 Å². The van der Waals surface area contributed by atoms with Gasteiger partial charge < -0.3 is 23.8 Å². The van der Waals surface area contributed by atoms with Crippen molar-refractivity contribution < 1.29 is 18.7 Å². The zero-order chi connectivity index (χ0) is 17.8. The van der Waals surface area contributed by atoms with E-state index in [1.807, 2.05) is 22.9 Å². The predicted octanol–water partition coefficient (Wildman–Crippen LogP) is 3.03. The quantitative estimate of drug-likeness (QED) is 0.671. The Bertz CT molecular complexity index is 892. The van der Waals surface area contributed by atoms with Crippen molar-refractivity contribution in [2.24, 2.45) is 0 Å². The lowest BCUT2D eigenvalue weighted by atomic mass is 10.2. The van der Waals surface area contributed by atoms with Gasteiger partial charge in [-0.1, -0.05) is 11.8 Å². The van der Waals surface area contributed by atoms with Crippen LogP contribution in [0.3, 0.4) is 0 Å². The van der Waals surface area contributed by atoms with E-state index in [0.29, 0.717) is 36.9 Å². The number of rotatable bonds is 6. The zero-order valence-electron chi connectivity index (χ0n) is 13.9. The van der Waals surface area contributed by atoms with Gasteiger partial charge in [0, 0.05) is 24.1 Å². The molecule has 0 saturated heterocycles. The van der Waals surface area contributed by atoms with Crippen molar-refractivity contribution in [3.63, 3.8) is 0 Å². The number of anilines is 1. The molecule has 1 aliphatic heterocycles. The summed E-state index contributed by atoms with van der Waals surface area (Å²) in [5.41, 5.74) is 0.679. The Hall–Kier alpha value is -2.87. The first-order valence-corrected chi connectivity index (χ1v) is 9.12. The number of aromatic nitrogens is 2. The summed E-state index contributed by atoms with van der Waals surface area (Å²) in [6.07, 6.45) is 5.22. The summed E-state index contributed by atoms with van der Waals surface area (Å²) in [7, 11) is 0. The molecule has 1 aromatic carbocycles. The lowest BCUT2D eigenvalue weighted by Gasteiger charge is -2.19. The highest BCUT2D eigenvalue weighted by Crippen LogP contribution is 2.32. The summed E-state index contributed by atoms with van der Waals surface area (Å²) in [5, 5.41) is 3.63. The number of nitrogens with one attached hydrogen (secondary N) is 1. The lowest BCUT2D eigenvalue weighted by Crippen LogP contribution is -2.17. The highest BCUT2D eigenvalue weighted by Gasteiger charge is 2.14. The number of imidazole rings is 1. The SMILES string of the molecule is O=C(CSc1nccn1Cc1ccco1)Nc1ccc2c(c1)OCCO2. The van der Waals surface area contributed by atoms with Gasteiger partial charge in [-0.05, 0) is 24.3 Å². The van der Waals surface area contributed by atoms with Gasteiger partial charge in [0.15, 0.2) is 16.7 Å². The van der Waals surface area contributed by atoms with Gasteiger partial charge in [-0.25, -0.2) is 4.98 Å². The number of ether oxygens (including phenoxy) is 2. The molecule has 1 N–H and O–H groups in total. The first-order valence-electron chi connectivity index (χ1n) is 8.14. The number of furan rings is 1. The molecule has 0 unspecified atom stereocenters. The van der Waals surface area contributed by atoms with Gasteiger partial charge >= 0.3 is 0 Å². The molecule has 0 bridgehead atoms. The lowest BCUT2D eigenvalue weighted by molar-refractivity contribution is -0.113. The van der Waals surface area contributed by atoms with Gasteiger partial charge in [-0.15, -0.1) is 0 Å². The van der Waals surface area contributed by atoms with E-state index in [0.717, 1.165) is 10.9 Å². The number of benzene rings is 1. The molecular formula is C18H17N3O4S. The Balaban J connectivity index is 1.34. The van der Waals surface area contributed by atoms with E-state index in [-0.39, 0.29) is 11.7 Å². The average Bonchev–Trinajstić information content (AvgIpc) is 3.32. The van der Waals surface area contributed by atoms with E-state index in [4.69, 9.17) is 13.9 Å². The van der Waals surface area contributed by atoms with Crippen LogP contribution in [0.15, 0.2) is 58.6 Å². The predicted molar refractivity (Wildman–Crippen MR) is 96.8 cm³/mol. The minimum absolute atomic E-state index is 0.112. The van der Waals surface area contributed by atoms with E-state index in [1.54, 1.807) is 30.7 Å². The molecule has 0 saturated carbocycles. The number of carbonyl (C=O) groups is 1. The van der Waals surface area contributed by atoms with E-state index in [2.05, 4.69) is 10.3 Å². The number of amides is 1. The molecule has 3 aromatic rings. The molecule has 0 spiro atoms. The van der Waals surface area contributed by atoms with Crippen LogP contribution >= 0.6 is 11.8 Å². The van der Waals surface area contributed by atoms with E-state index in [9.17, 15) is 4.79 Å². The maximum atomic E-state index is 12.2. The van der Waals surface area contributed by atoms with Crippen LogP contribution < -0.4 is 14.8 Å². The van der Waals surface area contributed by atoms with Gasteiger partial charge in [0.25, 0.3) is 0 Å². The summed E-state index contributed by atoms with van der Waals surface area (Å²) in [5.74, 6) is 2.33. The van der Waals surface area contributed by atoms with Crippen LogP contribution in [0, 0.1) is 0 Å². The minimum Gasteiger partial charge on any atom is -0.486 e. The monoisotopic (exact) mass is 371 g/mol. The van der Waals surface area contributed by atoms with Crippen molar-refractivity contribution in [2.45, 2.75) is 11.7 Å². The second kappa shape index (κ2) is 7.57. The molecule has 0 fully saturated rings. The minimum atomic E-state index is -0.112. The van der Waals surface area contributed by atoms with Crippen molar-refractivity contribution in [1.82, 2.24) is 9.55 Å². The Labute approximate surface area is 154 Å². The summed E-state index contributed by atoms with van der Waals surface area (Å²) < 4.78 is 18.3. The Morgan fingerprint density at radius 3 is 2.96 bits per heavy atom. The van der Waals surface area contributed by atoms with Gasteiger partial charge in [-0.2, -0.15) is 0 Å². The molecule has 26 heavy (non-hydrogen) atoms. The molecular weight excluding hydrogens is 354 g/mol. The third-order valence-electron chi connectivity index (χ3n) is 3.74. The first-order chi connectivity index (χ1) is 12.8. The summed E-state index contributed by atoms with van der Waals surface area (Å²) in [6.45, 7) is 1.64. The maximum absolute atomic E-state index is 12.2. The molecule has 0 atom stereocenters. The van der Waals surface area contributed by atoms with Crippen LogP contribution in [0.1, 0.15) is 5.76 Å². The number of hydrogen-bond acceptors (Lipinski definition) is 6. The fourth-order valence-corrected chi connectivity index (χ4v) is 3.33. The first kappa shape index (κ1) is 16.6. The largest absolute Gasteiger partial charge is 0.486 e. The number of carbonyl (C=O) groups excluding carboxylic acids is 1. The second-order valence-electron chi connectivity index (χ2n) is 5.61. The van der Waals surface area contributed by atoms with Crippen molar-refractivity contribution in [1.29, 1.82) is 0 Å². The van der Waals surface area contributed by atoms with E-state index < -0.39 is 0 Å². The molecule has 2 aromatic heterocycles. The van der Waals surface area contributed by atoms with Gasteiger partial charge in [-0.3, -0.25) is 4.79 Å². The zero-order valence-corrected chi connectivity index (χ0v) is 14.7. The molecule has 134 valence electrons. The van der Waals surface area contributed by atoms with Crippen LogP contribution in [0.2, 0.25) is 0 Å². The smallest absolute Gasteiger partial charge is 0.234 e. The van der Waals surface area contributed by atoms with Gasteiger partial charge in [0.1, 0.15) is 19.0 Å². The molecule has 1 amide bonds. The fraction of sp³-hybridized carbons (Fsp3) is 0.222. The Morgan fingerprint density at radius 1 is 1.23 bits per heavy atom. The third kappa shape index (κ3) is 3.85. The number of fused-ring (bicyclic) bond motifs is 1. The number of hydrogen-bond donors (Lipinski definition) is 1. The molecule has 1 aliphatic rings. The van der Waals surface area contributed by atoms with Gasteiger partial charge in [0.05, 0.1) is 18.6 Å². The molecule has 4 rings (SSSR count). The summed E-state index contributed by atoms with van der Waals surface area (Å²) in [4.78, 5) is 16.5. The van der Waals surface area contributed by atoms with Crippen molar-refractivity contribution in [2.75, 3.05) is 24.3 Å². The normalized spacial score (nSPS) is 12.8. The standard InChI is InChI=1S/C18H17N3O4S/c22-17(20-13-3-4-15-16(10-13)25-9-8-24-15)12-26-18-19-5-6-21(18)11-14-2-1-7-23-14/h1-7,10H,8-9,11-12H2,(H,20,22). The molecule has 8 heteroatoms. The van der Waals surface area contributed by atoms with Crippen molar-refractivity contribution >= 4 is 23.4 Å². The van der Waals surface area contributed by atoms with Crippen molar-refractivity contribution in [3.8, 4) is 11.5 Å². The summed E-state index contributed by atoms with van der Waals surface area (Å²) >= 11 is 1.37. The van der Waals surface area contributed by atoms with Crippen LogP contribution in [0.25, 0.3) is 0 Å². The summed E-state index contributed by atoms with van der Waals surface area (Å²) in [6, 6.07) is 9.12. The van der Waals surface area contributed by atoms with E-state index >= 15 is 0 Å². The van der Waals surface area contributed by atoms with Crippen LogP contribution in [-0.4, -0.2) is 34.4 Å². The van der Waals surface area contributed by atoms with Crippen LogP contribution in [0.4, 0.5) is 5.69 Å². The van der Waals surface area contributed by atoms with Crippen LogP contribution in [0.5, 0.6) is 11.5 Å². The molecule has 3 heterocycles. The Morgan fingerprint density at radius 2 is 2.12 bits per heavy atom. The molecule has 0 radical (unpaired) electrons. The van der Waals surface area contributed by atoms with Crippen molar-refractivity contribution in [3.05, 3.63) is 54.7 Å². The number of thioether (sulfide) groups is 1. The highest BCUT2D eigenvalue weighted by molar-refractivity contribution is 7.99. The van der Waals surface area contributed by atoms with Gasteiger partial charge in [0.2, 0.25) is 5.91 Å². The second-order valence-corrected chi connectivity index (χ2v) is 6.55. The van der Waals surface area contributed by atoms with E-state index in [1.165, 1.54) is 11.8 Å². The maximum Gasteiger partial charge on any atom is 0.234 e. The molecule has 7 nitrogen and oxygen atoms in total. The fourth-order valence-electron chi connectivity index (χ4n) is 2.57. The highest BCUT2D eigenvalue weighted by atomic mass is 32.2. The Kier molecular flexibility index (Phi) is 4.83.